The third kappa shape index (κ3) is 7.34. The van der Waals surface area contributed by atoms with Crippen LogP contribution in [0.4, 0.5) is 0 Å². The van der Waals surface area contributed by atoms with E-state index in [2.05, 4.69) is 15.4 Å². The molecule has 1 rings (SSSR count). The Morgan fingerprint density at radius 3 is 2.19 bits per heavy atom. The Bertz CT molecular complexity index is 654. The fraction of sp³-hybridized carbons (Fsp3) is 0.474. The summed E-state index contributed by atoms with van der Waals surface area (Å²) in [5.74, 6) is -1.71. The van der Waals surface area contributed by atoms with Crippen molar-refractivity contribution in [2.24, 2.45) is 5.92 Å². The Morgan fingerprint density at radius 2 is 1.65 bits per heavy atom. The summed E-state index contributed by atoms with van der Waals surface area (Å²) in [6.45, 7) is 3.52. The topological polar surface area (TPSA) is 108 Å². The first kappa shape index (κ1) is 21.2. The molecule has 3 atom stereocenters. The molecule has 2 N–H and O–H groups in total. The van der Waals surface area contributed by atoms with Crippen molar-refractivity contribution in [3.8, 4) is 6.07 Å². The third-order valence-electron chi connectivity index (χ3n) is 3.89. The number of esters is 1. The number of hydrogen-bond donors (Lipinski definition) is 2. The smallest absolute Gasteiger partial charge is 0.328 e. The molecule has 26 heavy (non-hydrogen) atoms. The molecule has 0 saturated carbocycles. The van der Waals surface area contributed by atoms with Gasteiger partial charge in [0.2, 0.25) is 11.8 Å². The molecule has 1 aromatic rings. The van der Waals surface area contributed by atoms with Crippen LogP contribution in [0.15, 0.2) is 30.3 Å². The van der Waals surface area contributed by atoms with Crippen LogP contribution in [-0.2, 0) is 19.1 Å². The molecule has 0 heterocycles. The summed E-state index contributed by atoms with van der Waals surface area (Å²) in [7, 11) is 1.22. The van der Waals surface area contributed by atoms with Crippen LogP contribution in [0, 0.1) is 17.2 Å². The molecular weight excluding hydrogens is 334 g/mol. The van der Waals surface area contributed by atoms with Gasteiger partial charge in [0.1, 0.15) is 6.04 Å². The lowest BCUT2D eigenvalue weighted by molar-refractivity contribution is -0.145. The van der Waals surface area contributed by atoms with E-state index >= 15 is 0 Å². The first-order valence-electron chi connectivity index (χ1n) is 8.48. The first-order chi connectivity index (χ1) is 12.4. The molecule has 0 fully saturated rings. The van der Waals surface area contributed by atoms with Gasteiger partial charge in [-0.05, 0) is 25.8 Å². The highest BCUT2D eigenvalue weighted by Gasteiger charge is 2.24. The van der Waals surface area contributed by atoms with E-state index < -0.39 is 23.8 Å². The quantitative estimate of drug-likeness (QED) is 0.654. The van der Waals surface area contributed by atoms with E-state index in [0.29, 0.717) is 0 Å². The van der Waals surface area contributed by atoms with Crippen LogP contribution in [-0.4, -0.2) is 30.9 Å². The van der Waals surface area contributed by atoms with Crippen molar-refractivity contribution < 1.29 is 19.1 Å². The summed E-state index contributed by atoms with van der Waals surface area (Å²) in [6.07, 6.45) is 0.110. The van der Waals surface area contributed by atoms with Crippen LogP contribution in [0.3, 0.4) is 0 Å². The minimum atomic E-state index is -0.895. The van der Waals surface area contributed by atoms with Crippen molar-refractivity contribution in [1.82, 2.24) is 10.6 Å². The zero-order valence-corrected chi connectivity index (χ0v) is 15.3. The average Bonchev–Trinajstić information content (AvgIpc) is 2.65. The largest absolute Gasteiger partial charge is 0.467 e. The third-order valence-corrected chi connectivity index (χ3v) is 3.89. The summed E-state index contributed by atoms with van der Waals surface area (Å²) in [4.78, 5) is 35.7. The van der Waals surface area contributed by atoms with Crippen LogP contribution >= 0.6 is 0 Å². The van der Waals surface area contributed by atoms with Crippen LogP contribution < -0.4 is 10.6 Å². The van der Waals surface area contributed by atoms with Gasteiger partial charge in [-0.1, -0.05) is 30.3 Å². The molecule has 0 unspecified atom stereocenters. The number of ether oxygens (including phenoxy) is 1. The second-order valence-corrected chi connectivity index (χ2v) is 6.11. The molecule has 0 aliphatic heterocycles. The Kier molecular flexibility index (Phi) is 8.85. The van der Waals surface area contributed by atoms with Gasteiger partial charge in [0.05, 0.1) is 19.2 Å². The van der Waals surface area contributed by atoms with Crippen LogP contribution in [0.25, 0.3) is 0 Å². The number of hydrogen-bond acceptors (Lipinski definition) is 5. The average molecular weight is 359 g/mol. The van der Waals surface area contributed by atoms with Crippen molar-refractivity contribution in [2.45, 2.75) is 45.2 Å². The summed E-state index contributed by atoms with van der Waals surface area (Å²) < 4.78 is 4.64. The molecule has 7 nitrogen and oxygen atoms in total. The lowest BCUT2D eigenvalue weighted by Crippen LogP contribution is -2.42. The van der Waals surface area contributed by atoms with E-state index in [9.17, 15) is 14.4 Å². The van der Waals surface area contributed by atoms with E-state index in [-0.39, 0.29) is 31.2 Å². The van der Waals surface area contributed by atoms with Crippen molar-refractivity contribution in [3.05, 3.63) is 35.9 Å². The molecule has 1 aromatic carbocycles. The van der Waals surface area contributed by atoms with Crippen molar-refractivity contribution >= 4 is 17.8 Å². The lowest BCUT2D eigenvalue weighted by atomic mass is 10.0. The van der Waals surface area contributed by atoms with E-state index in [4.69, 9.17) is 5.26 Å². The van der Waals surface area contributed by atoms with Crippen molar-refractivity contribution in [3.63, 3.8) is 0 Å². The molecule has 140 valence electrons. The molecule has 0 radical (unpaired) electrons. The number of methoxy groups -OCH3 is 1. The van der Waals surface area contributed by atoms with Crippen molar-refractivity contribution in [2.75, 3.05) is 7.11 Å². The van der Waals surface area contributed by atoms with E-state index in [0.717, 1.165) is 5.56 Å². The second kappa shape index (κ2) is 10.9. The normalized spacial score (nSPS) is 13.6. The molecule has 2 amide bonds. The monoisotopic (exact) mass is 359 g/mol. The van der Waals surface area contributed by atoms with Gasteiger partial charge in [-0.2, -0.15) is 5.26 Å². The van der Waals surface area contributed by atoms with Gasteiger partial charge in [0.15, 0.2) is 0 Å². The van der Waals surface area contributed by atoms with Gasteiger partial charge in [0.25, 0.3) is 0 Å². The number of rotatable bonds is 9. The standard InChI is InChI=1S/C19H25N3O4/c1-13(12-20)11-16(19(25)26-3)22-18(24)10-9-17(23)21-14(2)15-7-5-4-6-8-15/h4-8,13-14,16H,9-11H2,1-3H3,(H,21,23)(H,22,24)/t13-,14+,16-/m0/s1. The summed E-state index contributed by atoms with van der Waals surface area (Å²) >= 11 is 0. The number of amides is 2. The number of nitriles is 1. The molecule has 0 spiro atoms. The highest BCUT2D eigenvalue weighted by Crippen LogP contribution is 2.11. The van der Waals surface area contributed by atoms with Crippen LogP contribution in [0.2, 0.25) is 0 Å². The molecule has 0 bridgehead atoms. The van der Waals surface area contributed by atoms with Gasteiger partial charge >= 0.3 is 5.97 Å². The Morgan fingerprint density at radius 1 is 1.08 bits per heavy atom. The molecule has 0 saturated heterocycles. The number of carbonyl (C=O) groups is 3. The molecule has 0 aromatic heterocycles. The number of nitrogens with zero attached hydrogens (tertiary/aromatic N) is 1. The second-order valence-electron chi connectivity index (χ2n) is 6.11. The van der Waals surface area contributed by atoms with Gasteiger partial charge in [-0.25, -0.2) is 4.79 Å². The fourth-order valence-electron chi connectivity index (χ4n) is 2.39. The van der Waals surface area contributed by atoms with E-state index in [1.807, 2.05) is 43.3 Å². The maximum absolute atomic E-state index is 12.0. The molecule has 7 heteroatoms. The lowest BCUT2D eigenvalue weighted by Gasteiger charge is -2.18. The van der Waals surface area contributed by atoms with E-state index in [1.54, 1.807) is 6.92 Å². The number of nitrogens with one attached hydrogen (secondary N) is 2. The molecule has 0 aliphatic rings. The number of carbonyl (C=O) groups excluding carboxylic acids is 3. The van der Waals surface area contributed by atoms with Gasteiger partial charge in [-0.3, -0.25) is 9.59 Å². The highest BCUT2D eigenvalue weighted by atomic mass is 16.5. The molecule has 0 aliphatic carbocycles. The minimum absolute atomic E-state index is 0.00467. The summed E-state index contributed by atoms with van der Waals surface area (Å²) in [6, 6.07) is 10.5. The first-order valence-corrected chi connectivity index (χ1v) is 8.48. The zero-order chi connectivity index (χ0) is 19.5. The van der Waals surface area contributed by atoms with Gasteiger partial charge < -0.3 is 15.4 Å². The van der Waals surface area contributed by atoms with Crippen molar-refractivity contribution in [1.29, 1.82) is 5.26 Å². The Labute approximate surface area is 153 Å². The maximum atomic E-state index is 12.0. The highest BCUT2D eigenvalue weighted by molar-refractivity contribution is 5.87. The van der Waals surface area contributed by atoms with Crippen LogP contribution in [0.1, 0.15) is 44.7 Å². The Hall–Kier alpha value is -2.88. The van der Waals surface area contributed by atoms with Crippen LogP contribution in [0.5, 0.6) is 0 Å². The molecular formula is C19H25N3O4. The Balaban J connectivity index is 2.47. The van der Waals surface area contributed by atoms with Gasteiger partial charge in [-0.15, -0.1) is 0 Å². The number of benzene rings is 1. The zero-order valence-electron chi connectivity index (χ0n) is 15.3. The predicted molar refractivity (Wildman–Crippen MR) is 95.6 cm³/mol. The fourth-order valence-corrected chi connectivity index (χ4v) is 2.39. The van der Waals surface area contributed by atoms with E-state index in [1.165, 1.54) is 7.11 Å². The summed E-state index contributed by atoms with van der Waals surface area (Å²) in [5, 5.41) is 14.2. The van der Waals surface area contributed by atoms with Gasteiger partial charge in [0, 0.05) is 18.8 Å². The summed E-state index contributed by atoms with van der Waals surface area (Å²) in [5.41, 5.74) is 0.974. The predicted octanol–water partition coefficient (Wildman–Crippen LogP) is 1.85. The maximum Gasteiger partial charge on any atom is 0.328 e. The minimum Gasteiger partial charge on any atom is -0.467 e. The SMILES string of the molecule is COC(=O)[C@H](C[C@H](C)C#N)NC(=O)CCC(=O)N[C@H](C)c1ccccc1.